The van der Waals surface area contributed by atoms with Crippen LogP contribution in [0.2, 0.25) is 10.0 Å². The van der Waals surface area contributed by atoms with E-state index in [1.54, 1.807) is 48.6 Å². The number of allylic oxidation sites excluding steroid dienone is 2. The maximum atomic E-state index is 12.8. The summed E-state index contributed by atoms with van der Waals surface area (Å²) in [5.74, 6) is 0.499. The van der Waals surface area contributed by atoms with Crippen molar-refractivity contribution in [2.24, 2.45) is 5.92 Å². The number of ether oxygens (including phenoxy) is 1. The molecule has 1 spiro atoms. The summed E-state index contributed by atoms with van der Waals surface area (Å²) in [6, 6.07) is 10.3. The molecular formula is C19H12Cl2O4S. The fraction of sp³-hybridized carbons (Fsp3) is 0.158. The summed E-state index contributed by atoms with van der Waals surface area (Å²) in [5, 5.41) is 0.208. The lowest BCUT2D eigenvalue weighted by molar-refractivity contribution is 0.0968. The quantitative estimate of drug-likeness (QED) is 0.588. The summed E-state index contributed by atoms with van der Waals surface area (Å²) in [5.41, 5.74) is 0.0450. The van der Waals surface area contributed by atoms with Crippen molar-refractivity contribution < 1.29 is 17.3 Å². The Hall–Kier alpha value is -1.79. The Morgan fingerprint density at radius 3 is 2.08 bits per heavy atom. The molecule has 1 aliphatic carbocycles. The second-order valence-electron chi connectivity index (χ2n) is 6.46. The third-order valence-electron chi connectivity index (χ3n) is 5.04. The smallest absolute Gasteiger partial charge is 0.275 e. The van der Waals surface area contributed by atoms with Gasteiger partial charge in [0.1, 0.15) is 16.7 Å². The van der Waals surface area contributed by atoms with Crippen LogP contribution >= 0.6 is 23.2 Å². The van der Waals surface area contributed by atoms with Gasteiger partial charge in [-0.3, -0.25) is 4.18 Å². The number of hydrogen-bond acceptors (Lipinski definition) is 4. The number of halogens is 2. The van der Waals surface area contributed by atoms with Gasteiger partial charge in [-0.05, 0) is 24.3 Å². The van der Waals surface area contributed by atoms with Gasteiger partial charge < -0.3 is 4.74 Å². The minimum Gasteiger partial charge on any atom is -0.456 e. The van der Waals surface area contributed by atoms with Crippen LogP contribution in [0.5, 0.6) is 11.5 Å². The monoisotopic (exact) mass is 406 g/mol. The third-order valence-corrected chi connectivity index (χ3v) is 7.12. The second-order valence-corrected chi connectivity index (χ2v) is 9.02. The number of fused-ring (bicyclic) bond motifs is 6. The Morgan fingerprint density at radius 1 is 0.885 bits per heavy atom. The first-order valence-electron chi connectivity index (χ1n) is 7.99. The maximum absolute atomic E-state index is 12.8. The average molecular weight is 407 g/mol. The van der Waals surface area contributed by atoms with Crippen molar-refractivity contribution in [1.82, 2.24) is 0 Å². The van der Waals surface area contributed by atoms with Gasteiger partial charge in [0.25, 0.3) is 10.1 Å². The molecule has 2 aromatic rings. The molecule has 1 saturated heterocycles. The summed E-state index contributed by atoms with van der Waals surface area (Å²) >= 11 is 12.3. The molecule has 0 aromatic heterocycles. The highest BCUT2D eigenvalue weighted by molar-refractivity contribution is 7.87. The highest BCUT2D eigenvalue weighted by atomic mass is 35.5. The highest BCUT2D eigenvalue weighted by Crippen LogP contribution is 2.59. The minimum absolute atomic E-state index is 0.429. The van der Waals surface area contributed by atoms with Gasteiger partial charge >= 0.3 is 0 Å². The molecule has 3 aliphatic rings. The standard InChI is InChI=1S/C19H12Cl2O4S/c20-11-5-7-13-16(9-11)24-17-10-12(21)6-8-14(17)19(13)15-3-1-2-4-18(15)26(22,23)25-19/h1-10,15,18H. The van der Waals surface area contributed by atoms with E-state index in [9.17, 15) is 8.42 Å². The molecular weight excluding hydrogens is 395 g/mol. The maximum Gasteiger partial charge on any atom is 0.275 e. The van der Waals surface area contributed by atoms with Crippen molar-refractivity contribution >= 4 is 33.3 Å². The van der Waals surface area contributed by atoms with Gasteiger partial charge in [0.05, 0.1) is 0 Å². The SMILES string of the molecule is O=S1(=O)OC2(c3ccc(Cl)cc3Oc3cc(Cl)ccc32)C2C=CC=CC21. The van der Waals surface area contributed by atoms with E-state index in [1.165, 1.54) is 0 Å². The number of rotatable bonds is 0. The molecule has 132 valence electrons. The predicted molar refractivity (Wildman–Crippen MR) is 99.3 cm³/mol. The molecule has 7 heteroatoms. The lowest BCUT2D eigenvalue weighted by Crippen LogP contribution is -2.38. The van der Waals surface area contributed by atoms with Crippen LogP contribution in [0.25, 0.3) is 0 Å². The molecule has 0 amide bonds. The van der Waals surface area contributed by atoms with Crippen LogP contribution in [0.15, 0.2) is 60.7 Å². The molecule has 2 atom stereocenters. The van der Waals surface area contributed by atoms with Crippen molar-refractivity contribution in [1.29, 1.82) is 0 Å². The molecule has 0 bridgehead atoms. The lowest BCUT2D eigenvalue weighted by atomic mass is 9.72. The summed E-state index contributed by atoms with van der Waals surface area (Å²) in [7, 11) is -3.82. The summed E-state index contributed by atoms with van der Waals surface area (Å²) in [6.07, 6.45) is 7.10. The zero-order chi connectivity index (χ0) is 18.1. The van der Waals surface area contributed by atoms with Crippen molar-refractivity contribution in [2.45, 2.75) is 10.9 Å². The first-order chi connectivity index (χ1) is 12.4. The van der Waals surface area contributed by atoms with E-state index in [0.717, 1.165) is 0 Å². The zero-order valence-corrected chi connectivity index (χ0v) is 15.6. The van der Waals surface area contributed by atoms with Crippen LogP contribution in [0.4, 0.5) is 0 Å². The molecule has 26 heavy (non-hydrogen) atoms. The molecule has 2 heterocycles. The molecule has 2 aliphatic heterocycles. The van der Waals surface area contributed by atoms with Gasteiger partial charge in [-0.25, -0.2) is 0 Å². The lowest BCUT2D eigenvalue weighted by Gasteiger charge is -2.39. The van der Waals surface area contributed by atoms with Gasteiger partial charge in [0.15, 0.2) is 5.60 Å². The van der Waals surface area contributed by atoms with Gasteiger partial charge in [-0.1, -0.05) is 59.6 Å². The van der Waals surface area contributed by atoms with Crippen LogP contribution in [0, 0.1) is 5.92 Å². The highest BCUT2D eigenvalue weighted by Gasteiger charge is 2.62. The first kappa shape index (κ1) is 16.4. The first-order valence-corrected chi connectivity index (χ1v) is 10.2. The van der Waals surface area contributed by atoms with Gasteiger partial charge in [-0.2, -0.15) is 8.42 Å². The van der Waals surface area contributed by atoms with Crippen molar-refractivity contribution in [3.05, 3.63) is 81.9 Å². The average Bonchev–Trinajstić information content (AvgIpc) is 2.83. The molecule has 1 fully saturated rings. The van der Waals surface area contributed by atoms with Gasteiger partial charge in [0, 0.05) is 27.1 Å². The van der Waals surface area contributed by atoms with Crippen molar-refractivity contribution in [3.63, 3.8) is 0 Å². The largest absolute Gasteiger partial charge is 0.456 e. The number of benzene rings is 2. The molecule has 5 rings (SSSR count). The Labute approximate surface area is 160 Å². The normalized spacial score (nSPS) is 26.1. The van der Waals surface area contributed by atoms with Crippen LogP contribution in [-0.2, 0) is 19.9 Å². The van der Waals surface area contributed by atoms with E-state index < -0.39 is 26.9 Å². The van der Waals surface area contributed by atoms with Crippen molar-refractivity contribution in [2.75, 3.05) is 0 Å². The second kappa shape index (κ2) is 5.36. The van der Waals surface area contributed by atoms with Gasteiger partial charge in [0.2, 0.25) is 0 Å². The van der Waals surface area contributed by atoms with E-state index in [2.05, 4.69) is 0 Å². The predicted octanol–water partition coefficient (Wildman–Crippen LogP) is 4.81. The Balaban J connectivity index is 1.87. The summed E-state index contributed by atoms with van der Waals surface area (Å²) in [6.45, 7) is 0. The Kier molecular flexibility index (Phi) is 3.38. The molecule has 2 unspecified atom stereocenters. The van der Waals surface area contributed by atoms with E-state index in [0.29, 0.717) is 32.7 Å². The fourth-order valence-corrected chi connectivity index (χ4v) is 6.03. The summed E-state index contributed by atoms with van der Waals surface area (Å²) in [4.78, 5) is 0. The van der Waals surface area contributed by atoms with Crippen LogP contribution < -0.4 is 4.74 Å². The third kappa shape index (κ3) is 2.09. The van der Waals surface area contributed by atoms with E-state index in [1.807, 2.05) is 12.2 Å². The van der Waals surface area contributed by atoms with Crippen LogP contribution in [0.1, 0.15) is 11.1 Å². The van der Waals surface area contributed by atoms with Crippen LogP contribution in [0.3, 0.4) is 0 Å². The molecule has 4 nitrogen and oxygen atoms in total. The van der Waals surface area contributed by atoms with Crippen LogP contribution in [-0.4, -0.2) is 13.7 Å². The Morgan fingerprint density at radius 2 is 1.46 bits per heavy atom. The summed E-state index contributed by atoms with van der Waals surface area (Å²) < 4.78 is 37.5. The molecule has 2 aromatic carbocycles. The van der Waals surface area contributed by atoms with Crippen molar-refractivity contribution in [3.8, 4) is 11.5 Å². The molecule has 0 N–H and O–H groups in total. The van der Waals surface area contributed by atoms with E-state index >= 15 is 0 Å². The van der Waals surface area contributed by atoms with Gasteiger partial charge in [-0.15, -0.1) is 0 Å². The van der Waals surface area contributed by atoms with E-state index in [4.69, 9.17) is 32.1 Å². The minimum atomic E-state index is -3.82. The number of hydrogen-bond donors (Lipinski definition) is 0. The zero-order valence-electron chi connectivity index (χ0n) is 13.2. The topological polar surface area (TPSA) is 52.6 Å². The Bertz CT molecular complexity index is 1050. The molecule has 0 saturated carbocycles. The fourth-order valence-electron chi connectivity index (χ4n) is 4.01. The van der Waals surface area contributed by atoms with E-state index in [-0.39, 0.29) is 0 Å². The molecule has 0 radical (unpaired) electrons.